The minimum Gasteiger partial charge on any atom is -0.309 e. The molecule has 0 unspecified atom stereocenters. The molecule has 0 aliphatic heterocycles. The predicted octanol–water partition coefficient (Wildman–Crippen LogP) is 10.1. The van der Waals surface area contributed by atoms with Gasteiger partial charge in [0.25, 0.3) is 0 Å². The van der Waals surface area contributed by atoms with E-state index >= 15 is 0 Å². The largest absolute Gasteiger partial charge is 0.309 e. The Morgan fingerprint density at radius 2 is 0.800 bits per heavy atom. The van der Waals surface area contributed by atoms with Gasteiger partial charge in [0.15, 0.2) is 0 Å². The third-order valence-electron chi connectivity index (χ3n) is 8.31. The van der Waals surface area contributed by atoms with Crippen molar-refractivity contribution in [2.24, 2.45) is 0 Å². The molecule has 0 bridgehead atoms. The third-order valence-corrected chi connectivity index (χ3v) is 8.31. The van der Waals surface area contributed by atoms with Crippen molar-refractivity contribution in [1.29, 1.82) is 0 Å². The monoisotopic (exact) mass is 512 g/mol. The first kappa shape index (κ1) is 22.9. The van der Waals surface area contributed by atoms with Crippen molar-refractivity contribution in [3.63, 3.8) is 0 Å². The Hall–Kier alpha value is -5.08. The van der Waals surface area contributed by atoms with E-state index in [1.165, 1.54) is 71.7 Å². The summed E-state index contributed by atoms with van der Waals surface area (Å²) in [5.41, 5.74) is 11.1. The Morgan fingerprint density at radius 1 is 0.400 bits per heavy atom. The fourth-order valence-corrected chi connectivity index (χ4v) is 6.32. The number of nitrogens with zero attached hydrogens (tertiary/aromatic N) is 2. The zero-order chi connectivity index (χ0) is 26.6. The second kappa shape index (κ2) is 9.00. The average molecular weight is 513 g/mol. The lowest BCUT2D eigenvalue weighted by Gasteiger charge is -2.11. The Labute approximate surface area is 233 Å². The van der Waals surface area contributed by atoms with Crippen LogP contribution in [0.4, 0.5) is 0 Å². The molecule has 0 amide bonds. The van der Waals surface area contributed by atoms with Gasteiger partial charge in [0.1, 0.15) is 0 Å². The number of aromatic nitrogens is 2. The van der Waals surface area contributed by atoms with Crippen LogP contribution >= 0.6 is 0 Å². The van der Waals surface area contributed by atoms with Gasteiger partial charge >= 0.3 is 0 Å². The van der Waals surface area contributed by atoms with Crippen LogP contribution in [0.3, 0.4) is 0 Å². The lowest BCUT2D eigenvalue weighted by atomic mass is 10.0. The van der Waals surface area contributed by atoms with E-state index in [9.17, 15) is 0 Å². The normalized spacial score (nSPS) is 11.7. The molecule has 2 heterocycles. The zero-order valence-electron chi connectivity index (χ0n) is 22.4. The second-order valence-corrected chi connectivity index (χ2v) is 10.5. The molecule has 2 nitrogen and oxygen atoms in total. The Bertz CT molecular complexity index is 2120. The standard InChI is InChI=1S/C38H28N2/c1-2-26-15-24-34-33-11-5-8-14-37(33)40(38(34)25-26)30-22-18-28(19-23-30)27-16-20-29(21-17-27)39-35-12-6-3-9-31(35)32-10-4-7-13-36(32)39/h3-25H,2H2,1H3. The van der Waals surface area contributed by atoms with E-state index in [1.54, 1.807) is 0 Å². The molecular formula is C38H28N2. The molecule has 0 aliphatic carbocycles. The summed E-state index contributed by atoms with van der Waals surface area (Å²) in [4.78, 5) is 0. The van der Waals surface area contributed by atoms with E-state index in [2.05, 4.69) is 156 Å². The Kier molecular flexibility index (Phi) is 5.14. The Balaban J connectivity index is 1.20. The van der Waals surface area contributed by atoms with Crippen molar-refractivity contribution in [1.82, 2.24) is 9.13 Å². The highest BCUT2D eigenvalue weighted by Crippen LogP contribution is 2.35. The van der Waals surface area contributed by atoms with E-state index < -0.39 is 0 Å². The summed E-state index contributed by atoms with van der Waals surface area (Å²) in [5, 5.41) is 5.17. The fourth-order valence-electron chi connectivity index (χ4n) is 6.32. The maximum Gasteiger partial charge on any atom is 0.0543 e. The highest BCUT2D eigenvalue weighted by Gasteiger charge is 2.14. The quantitative estimate of drug-likeness (QED) is 0.222. The lowest BCUT2D eigenvalue weighted by molar-refractivity contribution is 1.13. The van der Waals surface area contributed by atoms with Crippen LogP contribution in [0.15, 0.2) is 140 Å². The SMILES string of the molecule is CCc1ccc2c3ccccc3n(-c3ccc(-c4ccc(-n5c6ccccc6c6ccccc65)cc4)cc3)c2c1. The molecule has 40 heavy (non-hydrogen) atoms. The zero-order valence-corrected chi connectivity index (χ0v) is 22.4. The summed E-state index contributed by atoms with van der Waals surface area (Å²) in [6, 6.07) is 50.9. The first-order valence-corrected chi connectivity index (χ1v) is 14.0. The van der Waals surface area contributed by atoms with Crippen molar-refractivity contribution in [2.45, 2.75) is 13.3 Å². The van der Waals surface area contributed by atoms with E-state index in [0.717, 1.165) is 6.42 Å². The minimum absolute atomic E-state index is 1.03. The summed E-state index contributed by atoms with van der Waals surface area (Å²) < 4.78 is 4.77. The molecule has 8 aromatic rings. The van der Waals surface area contributed by atoms with Crippen LogP contribution in [0.5, 0.6) is 0 Å². The summed E-state index contributed by atoms with van der Waals surface area (Å²) in [7, 11) is 0. The molecule has 0 radical (unpaired) electrons. The molecule has 6 aromatic carbocycles. The molecule has 2 aromatic heterocycles. The number of para-hydroxylation sites is 3. The lowest BCUT2D eigenvalue weighted by Crippen LogP contribution is -1.95. The molecule has 0 atom stereocenters. The van der Waals surface area contributed by atoms with Gasteiger partial charge in [-0.2, -0.15) is 0 Å². The smallest absolute Gasteiger partial charge is 0.0543 e. The van der Waals surface area contributed by atoms with Gasteiger partial charge in [0.2, 0.25) is 0 Å². The highest BCUT2D eigenvalue weighted by atomic mass is 15.0. The minimum atomic E-state index is 1.03. The van der Waals surface area contributed by atoms with E-state index in [0.29, 0.717) is 0 Å². The molecule has 190 valence electrons. The van der Waals surface area contributed by atoms with Crippen LogP contribution in [0.2, 0.25) is 0 Å². The van der Waals surface area contributed by atoms with Crippen molar-refractivity contribution in [3.05, 3.63) is 145 Å². The number of benzene rings is 6. The van der Waals surface area contributed by atoms with Gasteiger partial charge in [-0.1, -0.05) is 97.9 Å². The van der Waals surface area contributed by atoms with Crippen LogP contribution in [-0.4, -0.2) is 9.13 Å². The summed E-state index contributed by atoms with van der Waals surface area (Å²) in [6.07, 6.45) is 1.03. The molecule has 2 heteroatoms. The maximum atomic E-state index is 2.40. The van der Waals surface area contributed by atoms with Crippen LogP contribution < -0.4 is 0 Å². The summed E-state index contributed by atoms with van der Waals surface area (Å²) in [5.74, 6) is 0. The molecular weight excluding hydrogens is 484 g/mol. The number of fused-ring (bicyclic) bond motifs is 6. The van der Waals surface area contributed by atoms with Gasteiger partial charge in [0, 0.05) is 32.9 Å². The van der Waals surface area contributed by atoms with Crippen LogP contribution in [0.25, 0.3) is 66.1 Å². The third kappa shape index (κ3) is 3.43. The predicted molar refractivity (Wildman–Crippen MR) is 170 cm³/mol. The summed E-state index contributed by atoms with van der Waals surface area (Å²) in [6.45, 7) is 2.22. The molecule has 0 saturated carbocycles. The van der Waals surface area contributed by atoms with Gasteiger partial charge < -0.3 is 9.13 Å². The van der Waals surface area contributed by atoms with E-state index in [1.807, 2.05) is 0 Å². The number of rotatable bonds is 4. The van der Waals surface area contributed by atoms with Crippen LogP contribution in [0.1, 0.15) is 12.5 Å². The van der Waals surface area contributed by atoms with Gasteiger partial charge in [-0.15, -0.1) is 0 Å². The van der Waals surface area contributed by atoms with Crippen LogP contribution in [0, 0.1) is 0 Å². The number of hydrogen-bond donors (Lipinski definition) is 0. The van der Waals surface area contributed by atoms with E-state index in [-0.39, 0.29) is 0 Å². The van der Waals surface area contributed by atoms with Crippen LogP contribution in [-0.2, 0) is 6.42 Å². The fraction of sp³-hybridized carbons (Fsp3) is 0.0526. The number of aryl methyl sites for hydroxylation is 1. The van der Waals surface area contributed by atoms with Crippen molar-refractivity contribution >= 4 is 43.6 Å². The van der Waals surface area contributed by atoms with Gasteiger partial charge in [-0.25, -0.2) is 0 Å². The summed E-state index contributed by atoms with van der Waals surface area (Å²) >= 11 is 0. The Morgan fingerprint density at radius 3 is 1.25 bits per heavy atom. The average Bonchev–Trinajstić information content (AvgIpc) is 3.54. The van der Waals surface area contributed by atoms with Crippen molar-refractivity contribution in [3.8, 4) is 22.5 Å². The van der Waals surface area contributed by atoms with Crippen molar-refractivity contribution < 1.29 is 0 Å². The van der Waals surface area contributed by atoms with Gasteiger partial charge in [-0.3, -0.25) is 0 Å². The molecule has 0 saturated heterocycles. The molecule has 0 spiro atoms. The first-order chi connectivity index (χ1) is 19.8. The topological polar surface area (TPSA) is 9.86 Å². The second-order valence-electron chi connectivity index (χ2n) is 10.5. The highest BCUT2D eigenvalue weighted by molar-refractivity contribution is 6.10. The van der Waals surface area contributed by atoms with E-state index in [4.69, 9.17) is 0 Å². The maximum absolute atomic E-state index is 2.40. The van der Waals surface area contributed by atoms with Gasteiger partial charge in [0.05, 0.1) is 22.1 Å². The first-order valence-electron chi connectivity index (χ1n) is 14.0. The van der Waals surface area contributed by atoms with Gasteiger partial charge in [-0.05, 0) is 71.6 Å². The molecule has 8 rings (SSSR count). The van der Waals surface area contributed by atoms with Crippen molar-refractivity contribution in [2.75, 3.05) is 0 Å². The molecule has 0 fully saturated rings. The number of hydrogen-bond acceptors (Lipinski definition) is 0. The molecule has 0 N–H and O–H groups in total. The molecule has 0 aliphatic rings.